The molecule has 0 spiro atoms. The van der Waals surface area contributed by atoms with Crippen molar-refractivity contribution in [3.63, 3.8) is 0 Å². The van der Waals surface area contributed by atoms with Gasteiger partial charge in [-0.3, -0.25) is 4.90 Å². The number of nitrogens with zero attached hydrogens (tertiary/aromatic N) is 1. The van der Waals surface area contributed by atoms with E-state index in [1.807, 2.05) is 0 Å². The summed E-state index contributed by atoms with van der Waals surface area (Å²) < 4.78 is 48.9. The van der Waals surface area contributed by atoms with Crippen molar-refractivity contribution >= 4 is 31.6 Å². The second kappa shape index (κ2) is 5.34. The van der Waals surface area contributed by atoms with Gasteiger partial charge in [0.1, 0.15) is 8.47 Å². The molecule has 4 bridgehead atoms. The van der Waals surface area contributed by atoms with Crippen molar-refractivity contribution in [1.82, 2.24) is 4.90 Å². The van der Waals surface area contributed by atoms with Gasteiger partial charge in [0.15, 0.2) is 9.84 Å². The minimum Gasteiger partial charge on any atom is -0.293 e. The first-order valence-electron chi connectivity index (χ1n) is 7.21. The van der Waals surface area contributed by atoms with E-state index in [-0.39, 0.29) is 14.5 Å². The average Bonchev–Trinajstić information content (AvgIpc) is 2.47. The first-order valence-corrected chi connectivity index (χ1v) is 11.1. The van der Waals surface area contributed by atoms with Crippen LogP contribution < -0.4 is 5.14 Å². The molecule has 0 amide bonds. The second-order valence-electron chi connectivity index (χ2n) is 6.52. The van der Waals surface area contributed by atoms with E-state index < -0.39 is 25.1 Å². The Kier molecular flexibility index (Phi) is 4.00. The van der Waals surface area contributed by atoms with Gasteiger partial charge in [-0.05, 0) is 30.4 Å². The van der Waals surface area contributed by atoms with Crippen molar-refractivity contribution in [2.45, 2.75) is 38.0 Å². The molecule has 9 heteroatoms. The van der Waals surface area contributed by atoms with Crippen LogP contribution in [0.15, 0.2) is 20.1 Å². The van der Waals surface area contributed by atoms with Crippen molar-refractivity contribution in [2.24, 2.45) is 11.1 Å². The van der Waals surface area contributed by atoms with E-state index in [2.05, 4.69) is 18.7 Å². The van der Waals surface area contributed by atoms with Crippen molar-refractivity contribution in [2.75, 3.05) is 13.1 Å². The van der Waals surface area contributed by atoms with E-state index in [9.17, 15) is 16.8 Å². The molecule has 0 aliphatic carbocycles. The molecule has 1 saturated heterocycles. The Morgan fingerprint density at radius 3 is 2.73 bits per heavy atom. The summed E-state index contributed by atoms with van der Waals surface area (Å²) in [5.74, 6) is 0.415. The Hall–Kier alpha value is -0.350. The lowest BCUT2D eigenvalue weighted by atomic mass is 10.1. The van der Waals surface area contributed by atoms with Crippen LogP contribution in [-0.2, 0) is 19.9 Å². The lowest BCUT2D eigenvalue weighted by Crippen LogP contribution is -2.41. The molecule has 4 aliphatic heterocycles. The van der Waals surface area contributed by atoms with Crippen LogP contribution in [-0.4, -0.2) is 46.1 Å². The van der Waals surface area contributed by atoms with Crippen LogP contribution in [0.2, 0.25) is 0 Å². The Bertz CT molecular complexity index is 765. The van der Waals surface area contributed by atoms with Crippen molar-refractivity contribution < 1.29 is 16.8 Å². The summed E-state index contributed by atoms with van der Waals surface area (Å²) in [6, 6.07) is -0.206. The predicted octanol–water partition coefficient (Wildman–Crippen LogP) is 0.992. The zero-order chi connectivity index (χ0) is 16.3. The average molecular weight is 365 g/mol. The molecular weight excluding hydrogens is 344 g/mol. The van der Waals surface area contributed by atoms with Gasteiger partial charge in [0.2, 0.25) is 10.0 Å². The second-order valence-corrected chi connectivity index (χ2v) is 11.8. The smallest absolute Gasteiger partial charge is 0.244 e. The van der Waals surface area contributed by atoms with Crippen LogP contribution in [0.5, 0.6) is 0 Å². The van der Waals surface area contributed by atoms with Crippen LogP contribution in [0.1, 0.15) is 26.7 Å². The molecule has 2 atom stereocenters. The molecule has 0 aromatic heterocycles. The van der Waals surface area contributed by atoms with E-state index in [0.29, 0.717) is 25.3 Å². The molecule has 22 heavy (non-hydrogen) atoms. The van der Waals surface area contributed by atoms with E-state index in [4.69, 9.17) is 5.14 Å². The number of rotatable bonds is 3. The Morgan fingerprint density at radius 2 is 2.14 bits per heavy atom. The summed E-state index contributed by atoms with van der Waals surface area (Å²) in [5, 5.41) is 4.85. The third-order valence-electron chi connectivity index (χ3n) is 4.23. The van der Waals surface area contributed by atoms with Gasteiger partial charge in [-0.25, -0.2) is 22.0 Å². The van der Waals surface area contributed by atoms with Crippen molar-refractivity contribution in [1.29, 1.82) is 0 Å². The first kappa shape index (κ1) is 16.5. The number of nitrogens with two attached hydrogens (primary N) is 1. The van der Waals surface area contributed by atoms with Gasteiger partial charge in [-0.2, -0.15) is 0 Å². The molecular formula is C13H20N2O4S3. The van der Waals surface area contributed by atoms with E-state index in [1.54, 1.807) is 6.08 Å². The maximum atomic E-state index is 12.6. The number of sulfone groups is 1. The van der Waals surface area contributed by atoms with Crippen LogP contribution in [0.25, 0.3) is 0 Å². The maximum absolute atomic E-state index is 12.6. The van der Waals surface area contributed by atoms with E-state index in [0.717, 1.165) is 23.9 Å². The Labute approximate surface area is 135 Å². The molecule has 4 rings (SSSR count). The molecule has 6 nitrogen and oxygen atoms in total. The fourth-order valence-corrected chi connectivity index (χ4v) is 8.13. The van der Waals surface area contributed by atoms with E-state index >= 15 is 0 Å². The molecule has 4 heterocycles. The van der Waals surface area contributed by atoms with Gasteiger partial charge >= 0.3 is 0 Å². The number of fused-ring (bicyclic) bond motifs is 2. The minimum atomic E-state index is -3.92. The topological polar surface area (TPSA) is 97.5 Å². The molecule has 4 aliphatic rings. The summed E-state index contributed by atoms with van der Waals surface area (Å²) in [6.45, 7) is 5.58. The zero-order valence-corrected chi connectivity index (χ0v) is 15.0. The van der Waals surface area contributed by atoms with Gasteiger partial charge in [-0.1, -0.05) is 25.6 Å². The molecule has 0 saturated carbocycles. The normalized spacial score (nSPS) is 31.4. The lowest BCUT2D eigenvalue weighted by molar-refractivity contribution is 0.221. The van der Waals surface area contributed by atoms with Crippen LogP contribution >= 0.6 is 11.8 Å². The molecule has 0 aromatic carbocycles. The largest absolute Gasteiger partial charge is 0.293 e. The quantitative estimate of drug-likeness (QED) is 0.802. The van der Waals surface area contributed by atoms with Crippen molar-refractivity contribution in [3.05, 3.63) is 20.1 Å². The highest BCUT2D eigenvalue weighted by Crippen LogP contribution is 2.49. The number of primary sulfonamides is 1. The summed E-state index contributed by atoms with van der Waals surface area (Å²) in [6.07, 6.45) is 2.59. The highest BCUT2D eigenvalue weighted by molar-refractivity contribution is 8.27. The molecule has 0 radical (unpaired) electrons. The van der Waals surface area contributed by atoms with Gasteiger partial charge in [0.05, 0.1) is 5.25 Å². The zero-order valence-electron chi connectivity index (χ0n) is 12.5. The third kappa shape index (κ3) is 2.77. The highest BCUT2D eigenvalue weighted by atomic mass is 32.3. The number of hydrogen-bond donors (Lipinski definition) is 1. The minimum absolute atomic E-state index is 0.0395. The van der Waals surface area contributed by atoms with Gasteiger partial charge in [-0.15, -0.1) is 0 Å². The predicted molar refractivity (Wildman–Crippen MR) is 87.9 cm³/mol. The van der Waals surface area contributed by atoms with Gasteiger partial charge in [0.25, 0.3) is 0 Å². The van der Waals surface area contributed by atoms with Crippen LogP contribution in [0.4, 0.5) is 0 Å². The lowest BCUT2D eigenvalue weighted by Gasteiger charge is -2.34. The van der Waals surface area contributed by atoms with Crippen LogP contribution in [0, 0.1) is 5.92 Å². The summed E-state index contributed by atoms with van der Waals surface area (Å²) >= 11 is 0.818. The molecule has 124 valence electrons. The summed E-state index contributed by atoms with van der Waals surface area (Å²) in [5.41, 5.74) is 0.840. The van der Waals surface area contributed by atoms with Gasteiger partial charge in [0, 0.05) is 19.1 Å². The maximum Gasteiger partial charge on any atom is 0.244 e. The number of hydrogen-bond acceptors (Lipinski definition) is 6. The molecule has 0 aromatic rings. The number of thioether (sulfide) groups is 1. The third-order valence-corrected chi connectivity index (χ3v) is 9.67. The monoisotopic (exact) mass is 364 g/mol. The summed E-state index contributed by atoms with van der Waals surface area (Å²) in [4.78, 5) is 2.18. The number of sulfonamides is 1. The fourth-order valence-electron chi connectivity index (χ4n) is 3.35. The molecule has 2 unspecified atom stereocenters. The Balaban J connectivity index is 2.15. The standard InChI is InChI=1S/C13H20N2O4S3/c1-8(2)6-15-7-9-3-11-4-10(15)5-12(22(14,18)19)20-13(9)21(11,16)17/h5,8,10-11H,3-4,6-7H2,1-2H3,(H2,14,18,19). The highest BCUT2D eigenvalue weighted by Gasteiger charge is 2.47. The molecule has 2 N–H and O–H groups in total. The summed E-state index contributed by atoms with van der Waals surface area (Å²) in [7, 11) is -7.33. The van der Waals surface area contributed by atoms with Crippen molar-refractivity contribution in [3.8, 4) is 0 Å². The Morgan fingerprint density at radius 1 is 1.45 bits per heavy atom. The van der Waals surface area contributed by atoms with Crippen LogP contribution in [0.3, 0.4) is 0 Å². The fraction of sp³-hybridized carbons (Fsp3) is 0.692. The SMILES string of the molecule is CC(C)CN1CC2=C3SC(S(N)(=O)=O)=CC1CC(C2)S3(=O)=O. The first-order chi connectivity index (χ1) is 10.1. The van der Waals surface area contributed by atoms with E-state index in [1.165, 1.54) is 0 Å². The van der Waals surface area contributed by atoms with Gasteiger partial charge < -0.3 is 0 Å². The molecule has 1 fully saturated rings.